The lowest BCUT2D eigenvalue weighted by Gasteiger charge is -2.22. The van der Waals surface area contributed by atoms with Gasteiger partial charge in [-0.3, -0.25) is 9.59 Å². The average molecular weight is 538 g/mol. The second-order valence-corrected chi connectivity index (χ2v) is 11.6. The van der Waals surface area contributed by atoms with Gasteiger partial charge in [-0.2, -0.15) is 0 Å². The van der Waals surface area contributed by atoms with Crippen molar-refractivity contribution in [2.45, 2.75) is 149 Å². The Morgan fingerprint density at radius 1 is 0.737 bits per heavy atom. The van der Waals surface area contributed by atoms with E-state index in [0.29, 0.717) is 6.42 Å². The molecule has 0 saturated heterocycles. The molecule has 3 atom stereocenters. The van der Waals surface area contributed by atoms with Crippen LogP contribution in [0.5, 0.6) is 0 Å². The fraction of sp³-hybridized carbons (Fsp3) is 0.879. The van der Waals surface area contributed by atoms with Crippen LogP contribution in [0, 0.1) is 11.8 Å². The molecule has 5 nitrogen and oxygen atoms in total. The van der Waals surface area contributed by atoms with Crippen LogP contribution < -0.4 is 0 Å². The van der Waals surface area contributed by atoms with Crippen LogP contribution in [0.1, 0.15) is 143 Å². The number of ether oxygens (including phenoxy) is 2. The summed E-state index contributed by atoms with van der Waals surface area (Å²) in [6.07, 6.45) is 22.4. The molecule has 0 N–H and O–H groups in total. The van der Waals surface area contributed by atoms with Gasteiger partial charge < -0.3 is 14.4 Å². The minimum absolute atomic E-state index is 0.0385. The van der Waals surface area contributed by atoms with Gasteiger partial charge in [-0.1, -0.05) is 104 Å². The van der Waals surface area contributed by atoms with Crippen LogP contribution in [0.2, 0.25) is 0 Å². The number of hydrogen-bond acceptors (Lipinski definition) is 5. The number of hydrogen-bond donors (Lipinski definition) is 0. The molecule has 0 aromatic carbocycles. The smallest absolute Gasteiger partial charge is 0.309 e. The maximum absolute atomic E-state index is 13.2. The van der Waals surface area contributed by atoms with Gasteiger partial charge in [0.1, 0.15) is 12.7 Å². The molecule has 0 rings (SSSR count). The Kier molecular flexibility index (Phi) is 25.0. The molecule has 0 fully saturated rings. The third-order valence-corrected chi connectivity index (χ3v) is 7.44. The number of nitrogens with zero attached hydrogens (tertiary/aromatic N) is 1. The molecule has 0 spiro atoms. The molecule has 3 unspecified atom stereocenters. The Balaban J connectivity index is 4.89. The quantitative estimate of drug-likeness (QED) is 0.0595. The van der Waals surface area contributed by atoms with Crippen molar-refractivity contribution in [3.63, 3.8) is 0 Å². The van der Waals surface area contributed by atoms with Crippen LogP contribution in [0.15, 0.2) is 12.7 Å². The van der Waals surface area contributed by atoms with Gasteiger partial charge in [-0.15, -0.1) is 6.58 Å². The summed E-state index contributed by atoms with van der Waals surface area (Å²) in [5.74, 6) is -0.494. The number of allylic oxidation sites excluding steroid dienone is 1. The Bertz CT molecular complexity index is 577. The van der Waals surface area contributed by atoms with Crippen LogP contribution in [0.4, 0.5) is 0 Å². The van der Waals surface area contributed by atoms with E-state index in [1.807, 2.05) is 27.1 Å². The number of esters is 2. The third-order valence-electron chi connectivity index (χ3n) is 7.44. The van der Waals surface area contributed by atoms with Gasteiger partial charge in [0.25, 0.3) is 0 Å². The summed E-state index contributed by atoms with van der Waals surface area (Å²) in [6, 6.07) is 0. The zero-order valence-corrected chi connectivity index (χ0v) is 25.9. The van der Waals surface area contributed by atoms with Gasteiger partial charge in [0, 0.05) is 0 Å². The largest absolute Gasteiger partial charge is 0.462 e. The monoisotopic (exact) mass is 537 g/mol. The molecule has 0 heterocycles. The van der Waals surface area contributed by atoms with Crippen LogP contribution in [-0.2, 0) is 19.1 Å². The number of carbonyl (C=O) groups excluding carboxylic acids is 2. The maximum Gasteiger partial charge on any atom is 0.309 e. The number of unbranched alkanes of at least 4 members (excludes halogenated alkanes) is 12. The molecule has 0 aliphatic rings. The van der Waals surface area contributed by atoms with E-state index in [9.17, 15) is 9.59 Å². The summed E-state index contributed by atoms with van der Waals surface area (Å²) >= 11 is 0. The highest BCUT2D eigenvalue weighted by Gasteiger charge is 2.24. The topological polar surface area (TPSA) is 55.8 Å². The molecule has 0 radical (unpaired) electrons. The van der Waals surface area contributed by atoms with Crippen LogP contribution >= 0.6 is 0 Å². The lowest BCUT2D eigenvalue weighted by atomic mass is 9.94. The summed E-state index contributed by atoms with van der Waals surface area (Å²) in [7, 11) is 4.01. The van der Waals surface area contributed by atoms with E-state index in [4.69, 9.17) is 9.47 Å². The van der Waals surface area contributed by atoms with Gasteiger partial charge >= 0.3 is 11.9 Å². The van der Waals surface area contributed by atoms with Gasteiger partial charge in [0.05, 0.1) is 11.8 Å². The molecule has 0 aromatic rings. The zero-order valence-electron chi connectivity index (χ0n) is 25.9. The molecular formula is C33H63NO4. The van der Waals surface area contributed by atoms with Crippen molar-refractivity contribution in [3.8, 4) is 0 Å². The lowest BCUT2D eigenvalue weighted by Crippen LogP contribution is -2.30. The van der Waals surface area contributed by atoms with Gasteiger partial charge in [0.15, 0.2) is 0 Å². The Morgan fingerprint density at radius 2 is 1.26 bits per heavy atom. The maximum atomic E-state index is 13.2. The minimum Gasteiger partial charge on any atom is -0.462 e. The summed E-state index contributed by atoms with van der Waals surface area (Å²) < 4.78 is 11.7. The van der Waals surface area contributed by atoms with E-state index in [1.54, 1.807) is 0 Å². The van der Waals surface area contributed by atoms with E-state index < -0.39 is 0 Å². The van der Waals surface area contributed by atoms with Crippen molar-refractivity contribution in [1.29, 1.82) is 0 Å². The van der Waals surface area contributed by atoms with Crippen LogP contribution in [-0.4, -0.2) is 50.2 Å². The molecule has 5 heteroatoms. The van der Waals surface area contributed by atoms with Crippen molar-refractivity contribution in [3.05, 3.63) is 12.7 Å². The van der Waals surface area contributed by atoms with E-state index in [-0.39, 0.29) is 36.5 Å². The van der Waals surface area contributed by atoms with E-state index in [0.717, 1.165) is 57.9 Å². The fourth-order valence-electron chi connectivity index (χ4n) is 4.70. The highest BCUT2D eigenvalue weighted by atomic mass is 16.6. The second-order valence-electron chi connectivity index (χ2n) is 11.6. The van der Waals surface area contributed by atoms with Crippen molar-refractivity contribution in [2.75, 3.05) is 27.2 Å². The fourth-order valence-corrected chi connectivity index (χ4v) is 4.70. The average Bonchev–Trinajstić information content (AvgIpc) is 2.90. The third kappa shape index (κ3) is 21.6. The molecule has 0 bridgehead atoms. The van der Waals surface area contributed by atoms with Crippen molar-refractivity contribution in [1.82, 2.24) is 4.90 Å². The second kappa shape index (κ2) is 25.9. The van der Waals surface area contributed by atoms with Crippen molar-refractivity contribution < 1.29 is 19.1 Å². The zero-order chi connectivity index (χ0) is 28.4. The number of carbonyl (C=O) groups is 2. The molecular weight excluding hydrogens is 474 g/mol. The molecule has 38 heavy (non-hydrogen) atoms. The van der Waals surface area contributed by atoms with Crippen molar-refractivity contribution >= 4 is 11.9 Å². The highest BCUT2D eigenvalue weighted by Crippen LogP contribution is 2.22. The summed E-state index contributed by atoms with van der Waals surface area (Å²) in [4.78, 5) is 28.0. The van der Waals surface area contributed by atoms with E-state index in [1.165, 1.54) is 64.2 Å². The minimum atomic E-state index is -0.373. The van der Waals surface area contributed by atoms with Crippen LogP contribution in [0.25, 0.3) is 0 Å². The Labute approximate surface area is 236 Å². The van der Waals surface area contributed by atoms with Crippen LogP contribution in [0.3, 0.4) is 0 Å². The highest BCUT2D eigenvalue weighted by molar-refractivity contribution is 5.73. The molecule has 0 aliphatic carbocycles. The normalized spacial score (nSPS) is 13.7. The van der Waals surface area contributed by atoms with Gasteiger partial charge in [0.2, 0.25) is 0 Å². The SMILES string of the molecule is C=CCCCCC(COC(=O)C(CCCCCCC)CCCCCCCCC)OC(=O)C(C)CCN(C)C. The summed E-state index contributed by atoms with van der Waals surface area (Å²) in [5.41, 5.74) is 0. The Hall–Kier alpha value is -1.36. The first kappa shape index (κ1) is 36.6. The van der Waals surface area contributed by atoms with Gasteiger partial charge in [-0.25, -0.2) is 0 Å². The summed E-state index contributed by atoms with van der Waals surface area (Å²) in [5, 5.41) is 0. The molecule has 0 amide bonds. The molecule has 224 valence electrons. The van der Waals surface area contributed by atoms with E-state index in [2.05, 4.69) is 25.3 Å². The lowest BCUT2D eigenvalue weighted by molar-refractivity contribution is -0.164. The molecule has 0 aromatic heterocycles. The number of rotatable bonds is 27. The first-order chi connectivity index (χ1) is 18.3. The molecule has 0 saturated carbocycles. The predicted octanol–water partition coefficient (Wildman–Crippen LogP) is 8.89. The van der Waals surface area contributed by atoms with Gasteiger partial charge in [-0.05, 0) is 65.6 Å². The predicted molar refractivity (Wildman–Crippen MR) is 161 cm³/mol. The first-order valence-electron chi connectivity index (χ1n) is 16.0. The van der Waals surface area contributed by atoms with E-state index >= 15 is 0 Å². The first-order valence-corrected chi connectivity index (χ1v) is 16.0. The molecule has 0 aliphatic heterocycles. The standard InChI is InChI=1S/C33H63NO4/c1-7-10-13-16-17-19-21-24-30(23-20-18-14-11-8-2)33(36)37-28-31(25-22-15-12-9-3)38-32(35)29(4)26-27-34(5)6/h9,29-31H,3,7-8,10-28H2,1-2,4-6H3. The summed E-state index contributed by atoms with van der Waals surface area (Å²) in [6.45, 7) is 11.2. The Morgan fingerprint density at radius 3 is 1.79 bits per heavy atom. The van der Waals surface area contributed by atoms with Crippen molar-refractivity contribution in [2.24, 2.45) is 11.8 Å².